The predicted molar refractivity (Wildman–Crippen MR) is 86.3 cm³/mol. The molecule has 0 atom stereocenters. The second-order valence-electron chi connectivity index (χ2n) is 6.05. The zero-order chi connectivity index (χ0) is 16.1. The quantitative estimate of drug-likeness (QED) is 0.484. The van der Waals surface area contributed by atoms with E-state index >= 15 is 0 Å². The molecule has 0 spiro atoms. The molecule has 0 aliphatic heterocycles. The molecular formula is C17H22N2O3. The predicted octanol–water partition coefficient (Wildman–Crippen LogP) is 3.65. The number of likely N-dealkylation sites (N-methyl/N-ethyl adjacent to an activating group) is 1. The van der Waals surface area contributed by atoms with Gasteiger partial charge in [0.25, 0.3) is 5.69 Å². The summed E-state index contributed by atoms with van der Waals surface area (Å²) < 4.78 is 0. The Labute approximate surface area is 130 Å². The molecule has 0 bridgehead atoms. The van der Waals surface area contributed by atoms with Crippen LogP contribution in [0.25, 0.3) is 6.08 Å². The molecular weight excluding hydrogens is 280 g/mol. The monoisotopic (exact) mass is 302 g/mol. The van der Waals surface area contributed by atoms with Crippen molar-refractivity contribution in [2.45, 2.75) is 38.6 Å². The Morgan fingerprint density at radius 2 is 2.00 bits per heavy atom. The van der Waals surface area contributed by atoms with Gasteiger partial charge in [-0.1, -0.05) is 19.1 Å². The zero-order valence-electron chi connectivity index (χ0n) is 13.1. The van der Waals surface area contributed by atoms with Gasteiger partial charge in [-0.15, -0.1) is 0 Å². The normalized spacial score (nSPS) is 21.7. The summed E-state index contributed by atoms with van der Waals surface area (Å²) in [5.41, 5.74) is 0.692. The van der Waals surface area contributed by atoms with E-state index in [4.69, 9.17) is 0 Å². The van der Waals surface area contributed by atoms with Gasteiger partial charge in [0.2, 0.25) is 5.91 Å². The highest BCUT2D eigenvalue weighted by molar-refractivity contribution is 5.91. The van der Waals surface area contributed by atoms with Gasteiger partial charge >= 0.3 is 0 Å². The molecule has 1 aliphatic carbocycles. The van der Waals surface area contributed by atoms with Crippen molar-refractivity contribution in [3.63, 3.8) is 0 Å². The topological polar surface area (TPSA) is 63.5 Å². The zero-order valence-corrected chi connectivity index (χ0v) is 13.1. The molecule has 1 aliphatic rings. The van der Waals surface area contributed by atoms with Gasteiger partial charge in [0.1, 0.15) is 0 Å². The fraction of sp³-hybridized carbons (Fsp3) is 0.471. The lowest BCUT2D eigenvalue weighted by Gasteiger charge is -2.33. The molecule has 118 valence electrons. The van der Waals surface area contributed by atoms with Crippen molar-refractivity contribution in [2.24, 2.45) is 5.92 Å². The molecule has 22 heavy (non-hydrogen) atoms. The highest BCUT2D eigenvalue weighted by atomic mass is 16.6. The van der Waals surface area contributed by atoms with E-state index in [-0.39, 0.29) is 11.6 Å². The van der Waals surface area contributed by atoms with Crippen LogP contribution >= 0.6 is 0 Å². The SMILES string of the molecule is CC1CCC(N(C)C(=O)C=Cc2cccc([N+](=O)[O-])c2)CC1. The van der Waals surface area contributed by atoms with E-state index < -0.39 is 4.92 Å². The molecule has 5 nitrogen and oxygen atoms in total. The number of rotatable bonds is 4. The van der Waals surface area contributed by atoms with E-state index in [9.17, 15) is 14.9 Å². The van der Waals surface area contributed by atoms with Crippen molar-refractivity contribution in [2.75, 3.05) is 7.05 Å². The lowest BCUT2D eigenvalue weighted by atomic mass is 9.87. The number of nitro groups is 1. The highest BCUT2D eigenvalue weighted by Gasteiger charge is 2.23. The van der Waals surface area contributed by atoms with Crippen LogP contribution in [0.5, 0.6) is 0 Å². The Hall–Kier alpha value is -2.17. The molecule has 1 saturated carbocycles. The van der Waals surface area contributed by atoms with Crippen LogP contribution in [0.4, 0.5) is 5.69 Å². The molecule has 0 unspecified atom stereocenters. The largest absolute Gasteiger partial charge is 0.339 e. The second kappa shape index (κ2) is 7.20. The smallest absolute Gasteiger partial charge is 0.270 e. The van der Waals surface area contributed by atoms with Gasteiger partial charge in [-0.2, -0.15) is 0 Å². The molecule has 1 aromatic carbocycles. The first-order valence-electron chi connectivity index (χ1n) is 7.66. The van der Waals surface area contributed by atoms with Crippen molar-refractivity contribution >= 4 is 17.7 Å². The number of nitrogens with zero attached hydrogens (tertiary/aromatic N) is 2. The Morgan fingerprint density at radius 1 is 1.32 bits per heavy atom. The molecule has 0 heterocycles. The molecule has 0 saturated heterocycles. The molecule has 1 fully saturated rings. The van der Waals surface area contributed by atoms with E-state index in [0.717, 1.165) is 31.6 Å². The first kappa shape index (κ1) is 16.2. The summed E-state index contributed by atoms with van der Waals surface area (Å²) in [5.74, 6) is 0.700. The lowest BCUT2D eigenvalue weighted by molar-refractivity contribution is -0.384. The van der Waals surface area contributed by atoms with Crippen LogP contribution in [0.1, 0.15) is 38.2 Å². The molecule has 2 rings (SSSR count). The van der Waals surface area contributed by atoms with Crippen molar-refractivity contribution in [3.8, 4) is 0 Å². The maximum absolute atomic E-state index is 12.2. The summed E-state index contributed by atoms with van der Waals surface area (Å²) in [6.45, 7) is 2.25. The van der Waals surface area contributed by atoms with Crippen LogP contribution < -0.4 is 0 Å². The van der Waals surface area contributed by atoms with Crippen molar-refractivity contribution in [1.29, 1.82) is 0 Å². The van der Waals surface area contributed by atoms with E-state index in [2.05, 4.69) is 6.92 Å². The van der Waals surface area contributed by atoms with Gasteiger partial charge in [0.15, 0.2) is 0 Å². The Morgan fingerprint density at radius 3 is 2.64 bits per heavy atom. The molecule has 1 amide bonds. The average molecular weight is 302 g/mol. The molecule has 0 N–H and O–H groups in total. The van der Waals surface area contributed by atoms with Gasteiger partial charge in [-0.3, -0.25) is 14.9 Å². The molecule has 0 aromatic heterocycles. The third-order valence-electron chi connectivity index (χ3n) is 4.38. The van der Waals surface area contributed by atoms with Crippen LogP contribution in [0.15, 0.2) is 30.3 Å². The summed E-state index contributed by atoms with van der Waals surface area (Å²) in [4.78, 5) is 24.3. The van der Waals surface area contributed by atoms with Crippen LogP contribution in [-0.2, 0) is 4.79 Å². The number of non-ortho nitro benzene ring substituents is 1. The van der Waals surface area contributed by atoms with Crippen molar-refractivity contribution in [1.82, 2.24) is 4.90 Å². The lowest BCUT2D eigenvalue weighted by Crippen LogP contribution is -2.38. The average Bonchev–Trinajstić information content (AvgIpc) is 2.53. The third kappa shape index (κ3) is 4.16. The van der Waals surface area contributed by atoms with Gasteiger partial charge < -0.3 is 4.90 Å². The van der Waals surface area contributed by atoms with E-state index in [0.29, 0.717) is 11.6 Å². The standard InChI is InChI=1S/C17H22N2O3/c1-13-6-9-15(10-7-13)18(2)17(20)11-8-14-4-3-5-16(12-14)19(21)22/h3-5,8,11-13,15H,6-7,9-10H2,1-2H3. The maximum Gasteiger partial charge on any atom is 0.270 e. The summed E-state index contributed by atoms with van der Waals surface area (Å²) >= 11 is 0. The van der Waals surface area contributed by atoms with Gasteiger partial charge in [-0.25, -0.2) is 0 Å². The van der Waals surface area contributed by atoms with Gasteiger partial charge in [0.05, 0.1) is 4.92 Å². The van der Waals surface area contributed by atoms with Gasteiger partial charge in [0, 0.05) is 31.3 Å². The fourth-order valence-electron chi connectivity index (χ4n) is 2.84. The number of carbonyl (C=O) groups is 1. The summed E-state index contributed by atoms with van der Waals surface area (Å²) in [6, 6.07) is 6.58. The minimum Gasteiger partial charge on any atom is -0.339 e. The van der Waals surface area contributed by atoms with Crippen molar-refractivity contribution < 1.29 is 9.72 Å². The minimum atomic E-state index is -0.436. The summed E-state index contributed by atoms with van der Waals surface area (Å²) in [5, 5.41) is 10.7. The Balaban J connectivity index is 1.98. The Bertz CT molecular complexity index is 575. The van der Waals surface area contributed by atoms with E-state index in [1.165, 1.54) is 18.2 Å². The number of carbonyl (C=O) groups excluding carboxylic acids is 1. The van der Waals surface area contributed by atoms with Crippen LogP contribution in [-0.4, -0.2) is 28.8 Å². The van der Waals surface area contributed by atoms with Crippen LogP contribution in [0.3, 0.4) is 0 Å². The van der Waals surface area contributed by atoms with Crippen LogP contribution in [0, 0.1) is 16.0 Å². The number of amides is 1. The molecule has 1 aromatic rings. The minimum absolute atomic E-state index is 0.0317. The van der Waals surface area contributed by atoms with E-state index in [1.807, 2.05) is 7.05 Å². The third-order valence-corrected chi connectivity index (χ3v) is 4.38. The number of hydrogen-bond acceptors (Lipinski definition) is 3. The number of benzene rings is 1. The summed E-state index contributed by atoms with van der Waals surface area (Å²) in [6.07, 6.45) is 7.56. The maximum atomic E-state index is 12.2. The van der Waals surface area contributed by atoms with Gasteiger partial charge in [-0.05, 0) is 43.2 Å². The fourth-order valence-corrected chi connectivity index (χ4v) is 2.84. The second-order valence-corrected chi connectivity index (χ2v) is 6.05. The summed E-state index contributed by atoms with van der Waals surface area (Å²) in [7, 11) is 1.83. The highest BCUT2D eigenvalue weighted by Crippen LogP contribution is 2.26. The molecule has 5 heteroatoms. The van der Waals surface area contributed by atoms with E-state index in [1.54, 1.807) is 23.1 Å². The van der Waals surface area contributed by atoms with Crippen LogP contribution in [0.2, 0.25) is 0 Å². The Kier molecular flexibility index (Phi) is 5.31. The first-order valence-corrected chi connectivity index (χ1v) is 7.66. The van der Waals surface area contributed by atoms with Crippen molar-refractivity contribution in [3.05, 3.63) is 46.0 Å². The number of nitro benzene ring substituents is 1. The number of hydrogen-bond donors (Lipinski definition) is 0. The first-order chi connectivity index (χ1) is 10.5. The molecule has 0 radical (unpaired) electrons.